The molecule has 0 fully saturated rings. The number of hydrogen-bond acceptors (Lipinski definition) is 3. The fraction of sp³-hybridized carbons (Fsp3) is 0.273. The molecule has 0 aromatic heterocycles. The summed E-state index contributed by atoms with van der Waals surface area (Å²) in [6, 6.07) is 5.15. The van der Waals surface area contributed by atoms with Gasteiger partial charge in [0.1, 0.15) is 11.5 Å². The first-order valence-corrected chi connectivity index (χ1v) is 6.29. The van der Waals surface area contributed by atoms with Crippen LogP contribution in [0.15, 0.2) is 30.9 Å². The highest BCUT2D eigenvalue weighted by atomic mass is 32.2. The van der Waals surface area contributed by atoms with Crippen LogP contribution in [0.4, 0.5) is 0 Å². The number of hydrogen-bond donors (Lipinski definition) is 1. The van der Waals surface area contributed by atoms with E-state index in [0.717, 1.165) is 5.56 Å². The van der Waals surface area contributed by atoms with Crippen LogP contribution in [0.2, 0.25) is 0 Å². The molecule has 0 heterocycles. The van der Waals surface area contributed by atoms with E-state index in [0.29, 0.717) is 17.7 Å². The third-order valence-electron chi connectivity index (χ3n) is 2.07. The standard InChI is InChI=1S/C11H14O4S/c1-3-4-9-5-6-10(8-16(12,13)14)11(7-9)15-2/h3,5-7H,1,4,8H2,2H3,(H,12,13,14). The Bertz CT molecular complexity index is 477. The molecule has 0 bridgehead atoms. The molecule has 1 N–H and O–H groups in total. The van der Waals surface area contributed by atoms with Crippen molar-refractivity contribution < 1.29 is 17.7 Å². The van der Waals surface area contributed by atoms with E-state index in [9.17, 15) is 8.42 Å². The zero-order chi connectivity index (χ0) is 12.2. The molecule has 1 aromatic carbocycles. The molecule has 0 aliphatic carbocycles. The molecule has 0 radical (unpaired) electrons. The Balaban J connectivity index is 3.06. The first-order valence-electron chi connectivity index (χ1n) is 4.68. The second-order valence-electron chi connectivity index (χ2n) is 3.37. The molecule has 0 atom stereocenters. The summed E-state index contributed by atoms with van der Waals surface area (Å²) in [7, 11) is -2.58. The van der Waals surface area contributed by atoms with Crippen molar-refractivity contribution in [1.82, 2.24) is 0 Å². The van der Waals surface area contributed by atoms with E-state index < -0.39 is 15.9 Å². The third-order valence-corrected chi connectivity index (χ3v) is 2.75. The second kappa shape index (κ2) is 5.14. The van der Waals surface area contributed by atoms with Gasteiger partial charge in [0, 0.05) is 5.56 Å². The normalized spacial score (nSPS) is 11.1. The van der Waals surface area contributed by atoms with Gasteiger partial charge in [0.25, 0.3) is 10.1 Å². The number of allylic oxidation sites excluding steroid dienone is 1. The van der Waals surface area contributed by atoms with E-state index >= 15 is 0 Å². The van der Waals surface area contributed by atoms with Crippen LogP contribution >= 0.6 is 0 Å². The van der Waals surface area contributed by atoms with Crippen LogP contribution in [0.25, 0.3) is 0 Å². The van der Waals surface area contributed by atoms with E-state index in [2.05, 4.69) is 6.58 Å². The van der Waals surface area contributed by atoms with Crippen LogP contribution in [-0.4, -0.2) is 20.1 Å². The van der Waals surface area contributed by atoms with Crippen LogP contribution in [0, 0.1) is 0 Å². The van der Waals surface area contributed by atoms with E-state index in [-0.39, 0.29) is 0 Å². The highest BCUT2D eigenvalue weighted by Crippen LogP contribution is 2.22. The highest BCUT2D eigenvalue weighted by molar-refractivity contribution is 7.85. The summed E-state index contributed by atoms with van der Waals surface area (Å²) in [4.78, 5) is 0. The van der Waals surface area contributed by atoms with Gasteiger partial charge in [-0.1, -0.05) is 18.2 Å². The van der Waals surface area contributed by atoms with Crippen LogP contribution in [-0.2, 0) is 22.3 Å². The summed E-state index contributed by atoms with van der Waals surface area (Å²) in [5.74, 6) is 0.0156. The van der Waals surface area contributed by atoms with Gasteiger partial charge in [-0.05, 0) is 18.1 Å². The first-order chi connectivity index (χ1) is 7.46. The van der Waals surface area contributed by atoms with Gasteiger partial charge in [-0.3, -0.25) is 4.55 Å². The number of rotatable bonds is 5. The van der Waals surface area contributed by atoms with Crippen LogP contribution in [0.5, 0.6) is 5.75 Å². The predicted octanol–water partition coefficient (Wildman–Crippen LogP) is 1.81. The molecule has 0 aliphatic heterocycles. The summed E-state index contributed by atoms with van der Waals surface area (Å²) in [5.41, 5.74) is 1.42. The Kier molecular flexibility index (Phi) is 4.09. The van der Waals surface area contributed by atoms with Crippen molar-refractivity contribution in [3.63, 3.8) is 0 Å². The summed E-state index contributed by atoms with van der Waals surface area (Å²) in [6.45, 7) is 3.62. The smallest absolute Gasteiger partial charge is 0.269 e. The van der Waals surface area contributed by atoms with Crippen molar-refractivity contribution in [3.8, 4) is 5.75 Å². The van der Waals surface area contributed by atoms with E-state index in [4.69, 9.17) is 9.29 Å². The van der Waals surface area contributed by atoms with Crippen LogP contribution in [0.1, 0.15) is 11.1 Å². The molecule has 0 unspecified atom stereocenters. The fourth-order valence-corrected chi connectivity index (χ4v) is 2.03. The van der Waals surface area contributed by atoms with Gasteiger partial charge in [0.2, 0.25) is 0 Å². The predicted molar refractivity (Wildman–Crippen MR) is 62.1 cm³/mol. The average Bonchev–Trinajstić information content (AvgIpc) is 2.18. The Morgan fingerprint density at radius 2 is 2.19 bits per heavy atom. The molecular weight excluding hydrogens is 228 g/mol. The molecule has 1 rings (SSSR count). The molecule has 0 saturated heterocycles. The second-order valence-corrected chi connectivity index (χ2v) is 4.82. The Morgan fingerprint density at radius 1 is 1.50 bits per heavy atom. The summed E-state index contributed by atoms with van der Waals surface area (Å²) >= 11 is 0. The summed E-state index contributed by atoms with van der Waals surface area (Å²) in [5, 5.41) is 0. The van der Waals surface area contributed by atoms with E-state index in [1.807, 2.05) is 0 Å². The molecule has 1 aromatic rings. The van der Waals surface area contributed by atoms with Gasteiger partial charge in [0.15, 0.2) is 0 Å². The van der Waals surface area contributed by atoms with Crippen molar-refractivity contribution in [2.75, 3.05) is 7.11 Å². The Morgan fingerprint density at radius 3 is 2.69 bits per heavy atom. The monoisotopic (exact) mass is 242 g/mol. The van der Waals surface area contributed by atoms with E-state index in [1.54, 1.807) is 24.3 Å². The molecule has 0 spiro atoms. The topological polar surface area (TPSA) is 63.6 Å². The average molecular weight is 242 g/mol. The third kappa shape index (κ3) is 3.67. The summed E-state index contributed by atoms with van der Waals surface area (Å²) < 4.78 is 35.4. The number of ether oxygens (including phenoxy) is 1. The Hall–Kier alpha value is -1.33. The zero-order valence-electron chi connectivity index (χ0n) is 9.01. The van der Waals surface area contributed by atoms with Gasteiger partial charge in [-0.25, -0.2) is 0 Å². The van der Waals surface area contributed by atoms with Crippen LogP contribution < -0.4 is 4.74 Å². The SMILES string of the molecule is C=CCc1ccc(CS(=O)(=O)O)c(OC)c1. The largest absolute Gasteiger partial charge is 0.496 e. The quantitative estimate of drug-likeness (QED) is 0.632. The van der Waals surface area contributed by atoms with Gasteiger partial charge in [0.05, 0.1) is 7.11 Å². The first kappa shape index (κ1) is 12.7. The molecule has 0 amide bonds. The minimum absolute atomic E-state index is 0.440. The van der Waals surface area contributed by atoms with Crippen molar-refractivity contribution in [3.05, 3.63) is 42.0 Å². The van der Waals surface area contributed by atoms with Crippen molar-refractivity contribution in [2.45, 2.75) is 12.2 Å². The molecule has 5 heteroatoms. The lowest BCUT2D eigenvalue weighted by atomic mass is 10.1. The minimum atomic E-state index is -4.04. The van der Waals surface area contributed by atoms with E-state index in [1.165, 1.54) is 7.11 Å². The maximum Gasteiger partial charge on any atom is 0.269 e. The maximum atomic E-state index is 10.8. The lowest BCUT2D eigenvalue weighted by molar-refractivity contribution is 0.409. The lowest BCUT2D eigenvalue weighted by Gasteiger charge is -2.08. The summed E-state index contributed by atoms with van der Waals surface area (Å²) in [6.07, 6.45) is 2.43. The molecular formula is C11H14O4S. The van der Waals surface area contributed by atoms with Crippen molar-refractivity contribution >= 4 is 10.1 Å². The molecule has 16 heavy (non-hydrogen) atoms. The number of methoxy groups -OCH3 is 1. The molecule has 4 nitrogen and oxygen atoms in total. The zero-order valence-corrected chi connectivity index (χ0v) is 9.83. The minimum Gasteiger partial charge on any atom is -0.496 e. The molecule has 0 aliphatic rings. The van der Waals surface area contributed by atoms with Gasteiger partial charge >= 0.3 is 0 Å². The van der Waals surface area contributed by atoms with Gasteiger partial charge < -0.3 is 4.74 Å². The molecule has 0 saturated carbocycles. The van der Waals surface area contributed by atoms with Crippen molar-refractivity contribution in [2.24, 2.45) is 0 Å². The molecule has 88 valence electrons. The van der Waals surface area contributed by atoms with Crippen LogP contribution in [0.3, 0.4) is 0 Å². The fourth-order valence-electron chi connectivity index (χ4n) is 1.40. The maximum absolute atomic E-state index is 10.8. The lowest BCUT2D eigenvalue weighted by Crippen LogP contribution is -2.03. The van der Waals surface area contributed by atoms with Crippen molar-refractivity contribution in [1.29, 1.82) is 0 Å². The van der Waals surface area contributed by atoms with Gasteiger partial charge in [-0.15, -0.1) is 6.58 Å². The highest BCUT2D eigenvalue weighted by Gasteiger charge is 2.11. The number of benzene rings is 1. The van der Waals surface area contributed by atoms with Gasteiger partial charge in [-0.2, -0.15) is 8.42 Å². The Labute approximate surface area is 95.3 Å².